The van der Waals surface area contributed by atoms with Crippen LogP contribution in [-0.4, -0.2) is 19.7 Å². The second-order valence-electron chi connectivity index (χ2n) is 4.44. The highest BCUT2D eigenvalue weighted by atomic mass is 16.1. The minimum absolute atomic E-state index is 0.0948. The Balaban J connectivity index is 2.21. The van der Waals surface area contributed by atoms with Crippen LogP contribution in [0.5, 0.6) is 0 Å². The van der Waals surface area contributed by atoms with E-state index in [2.05, 4.69) is 15.2 Å². The van der Waals surface area contributed by atoms with Crippen LogP contribution in [0.15, 0.2) is 47.5 Å². The predicted molar refractivity (Wildman–Crippen MR) is 76.9 cm³/mol. The van der Waals surface area contributed by atoms with Crippen LogP contribution >= 0.6 is 0 Å². The average molecular weight is 267 g/mol. The lowest BCUT2D eigenvalue weighted by Gasteiger charge is -2.04. The molecule has 0 aromatic carbocycles. The SMILES string of the molecule is Cn1ccc(-c2[nH]nc(N)c2-c2ccccn2)cc1=O. The molecule has 3 N–H and O–H groups in total. The van der Waals surface area contributed by atoms with Gasteiger partial charge in [0.1, 0.15) is 0 Å². The van der Waals surface area contributed by atoms with Crippen LogP contribution in [0.2, 0.25) is 0 Å². The largest absolute Gasteiger partial charge is 0.382 e. The highest BCUT2D eigenvalue weighted by Crippen LogP contribution is 2.32. The molecule has 6 heteroatoms. The number of aryl methyl sites for hydroxylation is 1. The average Bonchev–Trinajstić information content (AvgIpc) is 2.85. The Morgan fingerprint density at radius 1 is 1.30 bits per heavy atom. The van der Waals surface area contributed by atoms with Gasteiger partial charge in [-0.15, -0.1) is 0 Å². The zero-order valence-corrected chi connectivity index (χ0v) is 10.9. The van der Waals surface area contributed by atoms with Crippen molar-refractivity contribution in [2.45, 2.75) is 0 Å². The third-order valence-electron chi connectivity index (χ3n) is 3.11. The van der Waals surface area contributed by atoms with Crippen LogP contribution in [0.25, 0.3) is 22.5 Å². The molecule has 20 heavy (non-hydrogen) atoms. The van der Waals surface area contributed by atoms with Gasteiger partial charge >= 0.3 is 0 Å². The molecule has 0 aliphatic carbocycles. The summed E-state index contributed by atoms with van der Waals surface area (Å²) in [5, 5.41) is 6.90. The molecule has 0 fully saturated rings. The van der Waals surface area contributed by atoms with Gasteiger partial charge in [0, 0.05) is 31.1 Å². The molecule has 0 atom stereocenters. The lowest BCUT2D eigenvalue weighted by molar-refractivity contribution is 0.861. The first-order valence-electron chi connectivity index (χ1n) is 6.09. The molecule has 0 aliphatic rings. The highest BCUT2D eigenvalue weighted by molar-refractivity contribution is 5.85. The summed E-state index contributed by atoms with van der Waals surface area (Å²) in [4.78, 5) is 16.0. The Morgan fingerprint density at radius 3 is 2.85 bits per heavy atom. The summed E-state index contributed by atoms with van der Waals surface area (Å²) in [7, 11) is 1.70. The number of nitrogens with zero attached hydrogens (tertiary/aromatic N) is 3. The smallest absolute Gasteiger partial charge is 0.250 e. The fraction of sp³-hybridized carbons (Fsp3) is 0.0714. The summed E-state index contributed by atoms with van der Waals surface area (Å²) in [6.07, 6.45) is 3.40. The van der Waals surface area contributed by atoms with Crippen LogP contribution in [0.3, 0.4) is 0 Å². The van der Waals surface area contributed by atoms with Crippen LogP contribution < -0.4 is 11.3 Å². The first-order valence-corrected chi connectivity index (χ1v) is 6.09. The number of hydrogen-bond donors (Lipinski definition) is 2. The Labute approximate surface area is 114 Å². The molecule has 6 nitrogen and oxygen atoms in total. The van der Waals surface area contributed by atoms with E-state index in [9.17, 15) is 4.79 Å². The van der Waals surface area contributed by atoms with Crippen molar-refractivity contribution in [3.63, 3.8) is 0 Å². The Hall–Kier alpha value is -2.89. The fourth-order valence-corrected chi connectivity index (χ4v) is 2.04. The molecular formula is C14H13N5O. The molecule has 0 aliphatic heterocycles. The lowest BCUT2D eigenvalue weighted by Crippen LogP contribution is -2.14. The van der Waals surface area contributed by atoms with E-state index in [0.717, 1.165) is 11.3 Å². The standard InChI is InChI=1S/C14H13N5O/c1-19-7-5-9(8-11(19)20)13-12(14(15)18-17-13)10-4-2-3-6-16-10/h2-8H,1H3,(H3,15,17,18). The van der Waals surface area contributed by atoms with Crippen molar-refractivity contribution >= 4 is 5.82 Å². The van der Waals surface area contributed by atoms with Crippen LogP contribution in [0.1, 0.15) is 0 Å². The first-order chi connectivity index (χ1) is 9.66. The first kappa shape index (κ1) is 12.2. The Kier molecular flexibility index (Phi) is 2.83. The number of hydrogen-bond acceptors (Lipinski definition) is 4. The third-order valence-corrected chi connectivity index (χ3v) is 3.11. The second kappa shape index (κ2) is 4.65. The number of anilines is 1. The summed E-state index contributed by atoms with van der Waals surface area (Å²) in [5.74, 6) is 0.361. The monoisotopic (exact) mass is 267 g/mol. The quantitative estimate of drug-likeness (QED) is 0.734. The Bertz CT molecular complexity index is 804. The van der Waals surface area contributed by atoms with Crippen molar-refractivity contribution in [1.29, 1.82) is 0 Å². The van der Waals surface area contributed by atoms with Crippen molar-refractivity contribution in [1.82, 2.24) is 19.7 Å². The number of nitrogen functional groups attached to an aromatic ring is 1. The minimum atomic E-state index is -0.0948. The molecule has 3 heterocycles. The van der Waals surface area contributed by atoms with Crippen molar-refractivity contribution in [2.24, 2.45) is 7.05 Å². The normalized spacial score (nSPS) is 10.7. The van der Waals surface area contributed by atoms with Crippen molar-refractivity contribution in [3.8, 4) is 22.5 Å². The lowest BCUT2D eigenvalue weighted by atomic mass is 10.1. The van der Waals surface area contributed by atoms with Crippen LogP contribution in [0, 0.1) is 0 Å². The number of nitrogens with one attached hydrogen (secondary N) is 1. The number of H-pyrrole nitrogens is 1. The molecule has 0 saturated carbocycles. The summed E-state index contributed by atoms with van der Waals surface area (Å²) in [6.45, 7) is 0. The van der Waals surface area contributed by atoms with Gasteiger partial charge in [0.05, 0.1) is 17.0 Å². The van der Waals surface area contributed by atoms with E-state index in [0.29, 0.717) is 17.1 Å². The summed E-state index contributed by atoms with van der Waals surface area (Å²) >= 11 is 0. The number of aromatic nitrogens is 4. The molecule has 100 valence electrons. The fourth-order valence-electron chi connectivity index (χ4n) is 2.04. The van der Waals surface area contributed by atoms with Crippen molar-refractivity contribution in [3.05, 3.63) is 53.1 Å². The van der Waals surface area contributed by atoms with Gasteiger partial charge in [0.15, 0.2) is 5.82 Å². The molecule has 0 unspecified atom stereocenters. The predicted octanol–water partition coefficient (Wildman–Crippen LogP) is 1.42. The molecule has 0 radical (unpaired) electrons. The summed E-state index contributed by atoms with van der Waals surface area (Å²) < 4.78 is 1.50. The van der Waals surface area contributed by atoms with Gasteiger partial charge in [-0.2, -0.15) is 5.10 Å². The molecular weight excluding hydrogens is 254 g/mol. The molecule has 0 amide bonds. The van der Waals surface area contributed by atoms with Crippen LogP contribution in [-0.2, 0) is 7.05 Å². The van der Waals surface area contributed by atoms with Gasteiger partial charge in [0.25, 0.3) is 5.56 Å². The van der Waals surface area contributed by atoms with Crippen molar-refractivity contribution in [2.75, 3.05) is 5.73 Å². The van der Waals surface area contributed by atoms with Gasteiger partial charge in [0.2, 0.25) is 0 Å². The maximum absolute atomic E-state index is 11.7. The van der Waals surface area contributed by atoms with E-state index >= 15 is 0 Å². The second-order valence-corrected chi connectivity index (χ2v) is 4.44. The zero-order chi connectivity index (χ0) is 14.1. The van der Waals surface area contributed by atoms with Gasteiger partial charge in [-0.1, -0.05) is 6.07 Å². The van der Waals surface area contributed by atoms with E-state index in [1.165, 1.54) is 4.57 Å². The molecule has 3 aromatic heterocycles. The van der Waals surface area contributed by atoms with Gasteiger partial charge in [-0.25, -0.2) is 0 Å². The molecule has 0 spiro atoms. The van der Waals surface area contributed by atoms with E-state index in [-0.39, 0.29) is 5.56 Å². The number of pyridine rings is 2. The van der Waals surface area contributed by atoms with Gasteiger partial charge in [-0.3, -0.25) is 14.9 Å². The van der Waals surface area contributed by atoms with Crippen LogP contribution in [0.4, 0.5) is 5.82 Å². The van der Waals surface area contributed by atoms with Crippen molar-refractivity contribution < 1.29 is 0 Å². The molecule has 3 aromatic rings. The highest BCUT2D eigenvalue weighted by Gasteiger charge is 2.15. The zero-order valence-electron chi connectivity index (χ0n) is 10.9. The third kappa shape index (κ3) is 1.97. The number of aromatic amines is 1. The summed E-state index contributed by atoms with van der Waals surface area (Å²) in [5.41, 5.74) is 8.67. The summed E-state index contributed by atoms with van der Waals surface area (Å²) in [6, 6.07) is 8.94. The van der Waals surface area contributed by atoms with E-state index in [4.69, 9.17) is 5.73 Å². The van der Waals surface area contributed by atoms with Gasteiger partial charge < -0.3 is 10.3 Å². The number of rotatable bonds is 2. The van der Waals surface area contributed by atoms with Gasteiger partial charge in [-0.05, 0) is 18.2 Å². The van der Waals surface area contributed by atoms with E-state index in [1.54, 1.807) is 25.5 Å². The minimum Gasteiger partial charge on any atom is -0.382 e. The molecule has 0 bridgehead atoms. The topological polar surface area (TPSA) is 89.6 Å². The Morgan fingerprint density at radius 2 is 2.15 bits per heavy atom. The molecule has 3 rings (SSSR count). The van der Waals surface area contributed by atoms with E-state index < -0.39 is 0 Å². The molecule has 0 saturated heterocycles. The van der Waals surface area contributed by atoms with E-state index in [1.807, 2.05) is 24.3 Å². The number of nitrogens with two attached hydrogens (primary N) is 1. The maximum atomic E-state index is 11.7. The maximum Gasteiger partial charge on any atom is 0.250 e.